The number of hydrogen-bond donors (Lipinski definition) is 2. The highest BCUT2D eigenvalue weighted by Crippen LogP contribution is 2.25. The van der Waals surface area contributed by atoms with Crippen LogP contribution < -0.4 is 10.6 Å². The first-order valence-corrected chi connectivity index (χ1v) is 9.16. The van der Waals surface area contributed by atoms with Crippen LogP contribution in [0.5, 0.6) is 0 Å². The average Bonchev–Trinajstić information content (AvgIpc) is 2.72. The topological polar surface area (TPSA) is 78.5 Å². The monoisotopic (exact) mass is 337 g/mol. The van der Waals surface area contributed by atoms with E-state index in [1.165, 1.54) is 6.42 Å². The second-order valence-corrected chi connectivity index (χ2v) is 8.02. The number of hydrogen-bond acceptors (Lipinski definition) is 3. The van der Waals surface area contributed by atoms with Gasteiger partial charge in [0.05, 0.1) is 0 Å². The molecule has 2 rings (SSSR count). The highest BCUT2D eigenvalue weighted by atomic mass is 16.2. The predicted octanol–water partition coefficient (Wildman–Crippen LogP) is 2.43. The Morgan fingerprint density at radius 2 is 2.00 bits per heavy atom. The Morgan fingerprint density at radius 3 is 2.62 bits per heavy atom. The summed E-state index contributed by atoms with van der Waals surface area (Å²) in [5.41, 5.74) is -0.889. The van der Waals surface area contributed by atoms with Crippen molar-refractivity contribution < 1.29 is 14.4 Å². The minimum absolute atomic E-state index is 0.152. The number of urea groups is 1. The van der Waals surface area contributed by atoms with Gasteiger partial charge in [-0.05, 0) is 44.4 Å². The molecule has 1 aliphatic heterocycles. The fourth-order valence-corrected chi connectivity index (χ4v) is 3.56. The molecule has 0 unspecified atom stereocenters. The van der Waals surface area contributed by atoms with Gasteiger partial charge >= 0.3 is 6.03 Å². The van der Waals surface area contributed by atoms with Crippen molar-refractivity contribution in [1.82, 2.24) is 15.5 Å². The summed E-state index contributed by atoms with van der Waals surface area (Å²) in [6.45, 7) is 7.87. The van der Waals surface area contributed by atoms with E-state index in [2.05, 4.69) is 31.4 Å². The highest BCUT2D eigenvalue weighted by molar-refractivity contribution is 6.08. The maximum Gasteiger partial charge on any atom is 0.325 e. The van der Waals surface area contributed by atoms with Crippen molar-refractivity contribution in [3.8, 4) is 0 Å². The van der Waals surface area contributed by atoms with Gasteiger partial charge in [0.2, 0.25) is 5.91 Å². The Hall–Kier alpha value is -1.59. The second kappa shape index (κ2) is 7.53. The van der Waals surface area contributed by atoms with Crippen molar-refractivity contribution in [3.63, 3.8) is 0 Å². The third kappa shape index (κ3) is 4.28. The lowest BCUT2D eigenvalue weighted by atomic mass is 9.86. The molecule has 1 aliphatic carbocycles. The summed E-state index contributed by atoms with van der Waals surface area (Å²) in [6.07, 6.45) is 5.84. The smallest absolute Gasteiger partial charge is 0.325 e. The molecule has 4 amide bonds. The van der Waals surface area contributed by atoms with E-state index in [4.69, 9.17) is 0 Å². The van der Waals surface area contributed by atoms with E-state index in [-0.39, 0.29) is 24.4 Å². The van der Waals surface area contributed by atoms with Gasteiger partial charge in [-0.15, -0.1) is 0 Å². The molecule has 1 heterocycles. The van der Waals surface area contributed by atoms with Crippen molar-refractivity contribution in [2.75, 3.05) is 6.54 Å². The Kier molecular flexibility index (Phi) is 5.88. The number of carbonyl (C=O) groups is 3. The summed E-state index contributed by atoms with van der Waals surface area (Å²) in [7, 11) is 0. The van der Waals surface area contributed by atoms with E-state index < -0.39 is 11.6 Å². The number of amides is 4. The van der Waals surface area contributed by atoms with Crippen LogP contribution in [0.1, 0.15) is 66.2 Å². The molecule has 24 heavy (non-hydrogen) atoms. The number of nitrogens with zero attached hydrogens (tertiary/aromatic N) is 1. The van der Waals surface area contributed by atoms with Gasteiger partial charge in [0.15, 0.2) is 0 Å². The third-order valence-corrected chi connectivity index (χ3v) is 5.33. The molecule has 2 aliphatic rings. The highest BCUT2D eigenvalue weighted by Gasteiger charge is 2.47. The lowest BCUT2D eigenvalue weighted by molar-refractivity contribution is -0.135. The first-order valence-electron chi connectivity index (χ1n) is 9.16. The van der Waals surface area contributed by atoms with Gasteiger partial charge in [0.1, 0.15) is 12.1 Å². The summed E-state index contributed by atoms with van der Waals surface area (Å²) < 4.78 is 0. The van der Waals surface area contributed by atoms with E-state index in [0.717, 1.165) is 30.6 Å². The Bertz CT molecular complexity index is 506. The zero-order valence-corrected chi connectivity index (χ0v) is 15.4. The molecule has 0 aromatic rings. The van der Waals surface area contributed by atoms with Crippen LogP contribution in [-0.4, -0.2) is 40.9 Å². The molecule has 6 heteroatoms. The Morgan fingerprint density at radius 1 is 1.33 bits per heavy atom. The lowest BCUT2D eigenvalue weighted by Crippen LogP contribution is -2.48. The fourth-order valence-electron chi connectivity index (χ4n) is 3.56. The molecule has 6 nitrogen and oxygen atoms in total. The van der Waals surface area contributed by atoms with Crippen molar-refractivity contribution in [2.24, 2.45) is 11.8 Å². The first kappa shape index (κ1) is 18.7. The Balaban J connectivity index is 1.92. The standard InChI is InChI=1S/C18H31N3O3/c1-12(2)9-10-18(4)16(23)21(17(24)20-18)11-15(22)19-14-8-6-5-7-13(14)3/h12-14H,5-11H2,1-4H3,(H,19,22)(H,20,24)/t13-,14-,18+/m1/s1. The summed E-state index contributed by atoms with van der Waals surface area (Å²) >= 11 is 0. The molecule has 1 saturated carbocycles. The van der Waals surface area contributed by atoms with Gasteiger partial charge < -0.3 is 10.6 Å². The minimum Gasteiger partial charge on any atom is -0.352 e. The van der Waals surface area contributed by atoms with Gasteiger partial charge in [-0.1, -0.05) is 33.6 Å². The predicted molar refractivity (Wildman–Crippen MR) is 92.3 cm³/mol. The van der Waals surface area contributed by atoms with E-state index in [9.17, 15) is 14.4 Å². The Labute approximate surface area is 144 Å². The molecule has 0 spiro atoms. The summed E-state index contributed by atoms with van der Waals surface area (Å²) in [4.78, 5) is 38.1. The van der Waals surface area contributed by atoms with E-state index in [1.54, 1.807) is 6.92 Å². The molecule has 0 aromatic heterocycles. The molecule has 0 bridgehead atoms. The maximum absolute atomic E-state index is 12.6. The molecule has 136 valence electrons. The average molecular weight is 337 g/mol. The number of carbonyl (C=O) groups excluding carboxylic acids is 3. The number of rotatable bonds is 6. The minimum atomic E-state index is -0.889. The molecule has 1 saturated heterocycles. The number of nitrogens with one attached hydrogen (secondary N) is 2. The molecule has 0 aromatic carbocycles. The van der Waals surface area contributed by atoms with Gasteiger partial charge in [-0.25, -0.2) is 4.79 Å². The van der Waals surface area contributed by atoms with Crippen molar-refractivity contribution >= 4 is 17.8 Å². The molecule has 2 N–H and O–H groups in total. The van der Waals surface area contributed by atoms with Crippen LogP contribution in [0.4, 0.5) is 4.79 Å². The van der Waals surface area contributed by atoms with Crippen LogP contribution in [0.2, 0.25) is 0 Å². The fraction of sp³-hybridized carbons (Fsp3) is 0.833. The second-order valence-electron chi connectivity index (χ2n) is 8.02. The van der Waals surface area contributed by atoms with Crippen molar-refractivity contribution in [3.05, 3.63) is 0 Å². The van der Waals surface area contributed by atoms with E-state index >= 15 is 0 Å². The van der Waals surface area contributed by atoms with Crippen LogP contribution >= 0.6 is 0 Å². The summed E-state index contributed by atoms with van der Waals surface area (Å²) in [5.74, 6) is 0.365. The van der Waals surface area contributed by atoms with Crippen molar-refractivity contribution in [1.29, 1.82) is 0 Å². The SMILES string of the molecule is CC(C)CC[C@]1(C)NC(=O)N(CC(=O)N[C@@H]2CCCC[C@H]2C)C1=O. The van der Waals surface area contributed by atoms with Crippen LogP contribution in [-0.2, 0) is 9.59 Å². The quantitative estimate of drug-likeness (QED) is 0.731. The molecule has 3 atom stereocenters. The van der Waals surface area contributed by atoms with E-state index in [0.29, 0.717) is 18.3 Å². The van der Waals surface area contributed by atoms with Crippen LogP contribution in [0, 0.1) is 11.8 Å². The summed E-state index contributed by atoms with van der Waals surface area (Å²) in [5, 5.41) is 5.76. The molecular weight excluding hydrogens is 306 g/mol. The van der Waals surface area contributed by atoms with Crippen molar-refractivity contribution in [2.45, 2.75) is 77.8 Å². The lowest BCUT2D eigenvalue weighted by Gasteiger charge is -2.30. The zero-order valence-electron chi connectivity index (χ0n) is 15.4. The maximum atomic E-state index is 12.6. The normalized spacial score (nSPS) is 30.6. The van der Waals surface area contributed by atoms with Gasteiger partial charge in [0, 0.05) is 6.04 Å². The zero-order chi connectivity index (χ0) is 17.9. The van der Waals surface area contributed by atoms with Gasteiger partial charge in [-0.3, -0.25) is 14.5 Å². The molecule has 2 fully saturated rings. The summed E-state index contributed by atoms with van der Waals surface area (Å²) in [6, 6.07) is -0.308. The number of imide groups is 1. The first-order chi connectivity index (χ1) is 11.2. The van der Waals surface area contributed by atoms with Gasteiger partial charge in [-0.2, -0.15) is 0 Å². The van der Waals surface area contributed by atoms with E-state index in [1.807, 2.05) is 0 Å². The largest absolute Gasteiger partial charge is 0.352 e. The molecule has 0 radical (unpaired) electrons. The van der Waals surface area contributed by atoms with Crippen LogP contribution in [0.25, 0.3) is 0 Å². The molecular formula is C18H31N3O3. The van der Waals surface area contributed by atoms with Crippen LogP contribution in [0.3, 0.4) is 0 Å². The van der Waals surface area contributed by atoms with Gasteiger partial charge in [0.25, 0.3) is 5.91 Å². The van der Waals surface area contributed by atoms with Crippen LogP contribution in [0.15, 0.2) is 0 Å². The third-order valence-electron chi connectivity index (χ3n) is 5.33.